The molecule has 1 rings (SSSR count). The summed E-state index contributed by atoms with van der Waals surface area (Å²) in [7, 11) is 0. The zero-order chi connectivity index (χ0) is 25.2. The first-order valence-corrected chi connectivity index (χ1v) is 11.3. The van der Waals surface area contributed by atoms with Crippen molar-refractivity contribution in [2.45, 2.75) is 72.1 Å². The molecule has 0 saturated carbocycles. The Kier molecular flexibility index (Phi) is 11.3. The van der Waals surface area contributed by atoms with Crippen LogP contribution in [0.15, 0.2) is 18.2 Å². The number of nitrogens with one attached hydrogen (secondary N) is 2. The number of benzene rings is 1. The minimum Gasteiger partial charge on any atom is -0.444 e. The van der Waals surface area contributed by atoms with Crippen molar-refractivity contribution in [3.05, 3.63) is 34.9 Å². The number of nitrogens with zero attached hydrogens (tertiary/aromatic N) is 1. The van der Waals surface area contributed by atoms with Crippen LogP contribution in [0.4, 0.5) is 4.79 Å². The van der Waals surface area contributed by atoms with Crippen molar-refractivity contribution in [1.29, 1.82) is 0 Å². The van der Waals surface area contributed by atoms with E-state index in [9.17, 15) is 24.6 Å². The summed E-state index contributed by atoms with van der Waals surface area (Å²) in [6, 6.07) is 3.16. The molecule has 1 aromatic rings. The Hall–Kier alpha value is -2.65. The van der Waals surface area contributed by atoms with E-state index >= 15 is 0 Å². The number of carbonyl (C=O) groups is 3. The number of ether oxygens (including phenoxy) is 1. The molecule has 0 aliphatic rings. The van der Waals surface area contributed by atoms with Crippen molar-refractivity contribution in [3.8, 4) is 0 Å². The van der Waals surface area contributed by atoms with Crippen molar-refractivity contribution in [3.63, 3.8) is 0 Å². The van der Waals surface area contributed by atoms with Gasteiger partial charge < -0.3 is 30.5 Å². The second-order valence-corrected chi connectivity index (χ2v) is 8.99. The van der Waals surface area contributed by atoms with Gasteiger partial charge >= 0.3 is 6.09 Å². The zero-order valence-corrected chi connectivity index (χ0v) is 20.6. The van der Waals surface area contributed by atoms with Gasteiger partial charge in [0, 0.05) is 13.1 Å². The summed E-state index contributed by atoms with van der Waals surface area (Å²) >= 11 is 0. The van der Waals surface area contributed by atoms with Crippen LogP contribution in [0.3, 0.4) is 0 Å². The Labute approximate surface area is 196 Å². The van der Waals surface area contributed by atoms with E-state index in [0.29, 0.717) is 12.1 Å². The van der Waals surface area contributed by atoms with Crippen LogP contribution in [-0.2, 0) is 14.3 Å². The molecule has 9 nitrogen and oxygen atoms in total. The van der Waals surface area contributed by atoms with Gasteiger partial charge in [-0.2, -0.15) is 0 Å². The van der Waals surface area contributed by atoms with Crippen LogP contribution in [0, 0.1) is 13.8 Å². The zero-order valence-electron chi connectivity index (χ0n) is 20.6. The van der Waals surface area contributed by atoms with Crippen LogP contribution in [0.1, 0.15) is 63.3 Å². The third kappa shape index (κ3) is 8.66. The van der Waals surface area contributed by atoms with E-state index < -0.39 is 48.8 Å². The van der Waals surface area contributed by atoms with E-state index in [1.165, 1.54) is 4.90 Å². The van der Waals surface area contributed by atoms with Crippen LogP contribution < -0.4 is 10.6 Å². The van der Waals surface area contributed by atoms with Gasteiger partial charge in [0.2, 0.25) is 11.8 Å². The number of aryl methyl sites for hydroxylation is 2. The van der Waals surface area contributed by atoms with Crippen LogP contribution in [0.5, 0.6) is 0 Å². The molecule has 3 amide bonds. The number of alkyl carbamates (subject to hydrolysis) is 1. The number of hydrogen-bond donors (Lipinski definition) is 4. The molecule has 0 saturated heterocycles. The first kappa shape index (κ1) is 28.4. The molecular formula is C24H39N3O6. The normalized spacial score (nSPS) is 13.1. The summed E-state index contributed by atoms with van der Waals surface area (Å²) in [5.74, 6) is -1.09. The third-order valence-corrected chi connectivity index (χ3v) is 5.00. The van der Waals surface area contributed by atoms with E-state index in [2.05, 4.69) is 10.6 Å². The SMILES string of the molecule is CCCCNC(=O)C(c1c(C)cccc1C)N(CCO)C(=O)C(CO)NC(=O)OC(C)(C)C. The smallest absolute Gasteiger partial charge is 0.408 e. The van der Waals surface area contributed by atoms with E-state index in [1.54, 1.807) is 20.8 Å². The number of carbonyl (C=O) groups excluding carboxylic acids is 3. The molecule has 0 aliphatic heterocycles. The standard InChI is InChI=1S/C24H39N3O6/c1-7-8-12-25-21(30)20(19-16(2)10-9-11-17(19)3)27(13-14-28)22(31)18(15-29)26-23(32)33-24(4,5)6/h9-11,18,20,28-29H,7-8,12-15H2,1-6H3,(H,25,30)(H,26,32). The van der Waals surface area contributed by atoms with Crippen molar-refractivity contribution >= 4 is 17.9 Å². The fraction of sp³-hybridized carbons (Fsp3) is 0.625. The lowest BCUT2D eigenvalue weighted by molar-refractivity contribution is -0.143. The highest BCUT2D eigenvalue weighted by atomic mass is 16.6. The van der Waals surface area contributed by atoms with E-state index in [1.807, 2.05) is 39.0 Å². The topological polar surface area (TPSA) is 128 Å². The molecule has 0 heterocycles. The number of unbranched alkanes of at least 4 members (excludes halogenated alkanes) is 1. The second kappa shape index (κ2) is 13.2. The molecule has 186 valence electrons. The van der Waals surface area contributed by atoms with Gasteiger partial charge in [-0.15, -0.1) is 0 Å². The maximum Gasteiger partial charge on any atom is 0.408 e. The lowest BCUT2D eigenvalue weighted by Crippen LogP contribution is -2.55. The molecule has 9 heteroatoms. The monoisotopic (exact) mass is 465 g/mol. The van der Waals surface area contributed by atoms with E-state index in [-0.39, 0.29) is 6.54 Å². The first-order valence-electron chi connectivity index (χ1n) is 11.3. The third-order valence-electron chi connectivity index (χ3n) is 5.00. The number of aliphatic hydroxyl groups excluding tert-OH is 2. The molecule has 1 aromatic carbocycles. The highest BCUT2D eigenvalue weighted by Gasteiger charge is 2.37. The highest BCUT2D eigenvalue weighted by molar-refractivity contribution is 5.92. The van der Waals surface area contributed by atoms with Gasteiger partial charge in [-0.3, -0.25) is 9.59 Å². The fourth-order valence-corrected chi connectivity index (χ4v) is 3.48. The minimum atomic E-state index is -1.35. The van der Waals surface area contributed by atoms with Gasteiger partial charge in [0.1, 0.15) is 17.7 Å². The van der Waals surface area contributed by atoms with Crippen LogP contribution in [0.25, 0.3) is 0 Å². The summed E-state index contributed by atoms with van der Waals surface area (Å²) in [4.78, 5) is 40.2. The van der Waals surface area contributed by atoms with Gasteiger partial charge in [0.05, 0.1) is 13.2 Å². The maximum atomic E-state index is 13.4. The van der Waals surface area contributed by atoms with E-state index in [4.69, 9.17) is 4.74 Å². The molecule has 4 N–H and O–H groups in total. The van der Waals surface area contributed by atoms with Crippen LogP contribution in [0.2, 0.25) is 0 Å². The lowest BCUT2D eigenvalue weighted by atomic mass is 9.93. The Morgan fingerprint density at radius 1 is 1.12 bits per heavy atom. The largest absolute Gasteiger partial charge is 0.444 e. The van der Waals surface area contributed by atoms with Crippen molar-refractivity contribution in [1.82, 2.24) is 15.5 Å². The van der Waals surface area contributed by atoms with Crippen LogP contribution in [-0.4, -0.2) is 71.0 Å². The molecule has 0 aromatic heterocycles. The van der Waals surface area contributed by atoms with Gasteiger partial charge in [0.15, 0.2) is 0 Å². The Balaban J connectivity index is 3.37. The lowest BCUT2D eigenvalue weighted by Gasteiger charge is -2.35. The average Bonchev–Trinajstić information content (AvgIpc) is 2.72. The van der Waals surface area contributed by atoms with Crippen molar-refractivity contribution in [2.75, 3.05) is 26.3 Å². The summed E-state index contributed by atoms with van der Waals surface area (Å²) < 4.78 is 5.20. The maximum absolute atomic E-state index is 13.4. The number of rotatable bonds is 11. The Morgan fingerprint density at radius 2 is 1.73 bits per heavy atom. The van der Waals surface area contributed by atoms with Gasteiger partial charge in [-0.1, -0.05) is 31.5 Å². The molecule has 2 unspecified atom stereocenters. The van der Waals surface area contributed by atoms with Gasteiger partial charge in [-0.25, -0.2) is 4.79 Å². The van der Waals surface area contributed by atoms with Gasteiger partial charge in [-0.05, 0) is 57.7 Å². The van der Waals surface area contributed by atoms with Crippen molar-refractivity contribution in [2.24, 2.45) is 0 Å². The fourth-order valence-electron chi connectivity index (χ4n) is 3.48. The van der Waals surface area contributed by atoms with E-state index in [0.717, 1.165) is 24.0 Å². The molecule has 0 radical (unpaired) electrons. The number of amides is 3. The molecule has 33 heavy (non-hydrogen) atoms. The highest BCUT2D eigenvalue weighted by Crippen LogP contribution is 2.28. The van der Waals surface area contributed by atoms with Crippen LogP contribution >= 0.6 is 0 Å². The molecule has 0 aliphatic carbocycles. The molecule has 0 spiro atoms. The average molecular weight is 466 g/mol. The minimum absolute atomic E-state index is 0.162. The molecular weight excluding hydrogens is 426 g/mol. The predicted octanol–water partition coefficient (Wildman–Crippen LogP) is 1.97. The van der Waals surface area contributed by atoms with Crippen molar-refractivity contribution < 1.29 is 29.3 Å². The summed E-state index contributed by atoms with van der Waals surface area (Å²) in [5, 5.41) is 24.8. The van der Waals surface area contributed by atoms with Gasteiger partial charge in [0.25, 0.3) is 0 Å². The summed E-state index contributed by atoms with van der Waals surface area (Å²) in [5.41, 5.74) is 1.46. The molecule has 2 atom stereocenters. The summed E-state index contributed by atoms with van der Waals surface area (Å²) in [6.07, 6.45) is 0.799. The molecule has 0 bridgehead atoms. The number of hydrogen-bond acceptors (Lipinski definition) is 6. The Morgan fingerprint density at radius 3 is 2.21 bits per heavy atom. The quantitative estimate of drug-likeness (QED) is 0.370. The molecule has 0 fully saturated rings. The first-order chi connectivity index (χ1) is 15.5. The summed E-state index contributed by atoms with van der Waals surface area (Å²) in [6.45, 7) is 9.91. The predicted molar refractivity (Wildman–Crippen MR) is 126 cm³/mol. The Bertz CT molecular complexity index is 786. The number of aliphatic hydroxyl groups is 2. The second-order valence-electron chi connectivity index (χ2n) is 8.99.